The van der Waals surface area contributed by atoms with Crippen molar-refractivity contribution in [3.8, 4) is 11.3 Å². The number of ether oxygens (including phenoxy) is 1. The summed E-state index contributed by atoms with van der Waals surface area (Å²) < 4.78 is 23.8. The smallest absolute Gasteiger partial charge is 0.344 e. The molecule has 0 unspecified atom stereocenters. The normalized spacial score (nSPS) is 10.4. The van der Waals surface area contributed by atoms with Crippen LogP contribution in [0.15, 0.2) is 22.7 Å². The number of esters is 1. The number of rotatable bonds is 4. The fraction of sp³-hybridized carbons (Fsp3) is 0.231. The summed E-state index contributed by atoms with van der Waals surface area (Å²) in [5.41, 5.74) is -0.502. The molecule has 0 fully saturated rings. The fourth-order valence-corrected chi connectivity index (χ4v) is 1.81. The number of aryl methyl sites for hydroxylation is 1. The van der Waals surface area contributed by atoms with Gasteiger partial charge in [-0.25, -0.2) is 9.18 Å². The molecule has 0 bridgehead atoms. The van der Waals surface area contributed by atoms with E-state index in [0.29, 0.717) is 0 Å². The van der Waals surface area contributed by atoms with Gasteiger partial charge >= 0.3 is 5.97 Å². The Balaban J connectivity index is 2.53. The van der Waals surface area contributed by atoms with E-state index in [4.69, 9.17) is 9.26 Å². The predicted octanol–water partition coefficient (Wildman–Crippen LogP) is 2.87. The van der Waals surface area contributed by atoms with E-state index in [1.165, 1.54) is 13.0 Å². The first-order valence-electron chi connectivity index (χ1n) is 6.03. The van der Waals surface area contributed by atoms with Crippen molar-refractivity contribution < 1.29 is 23.4 Å². The Kier molecular flexibility index (Phi) is 3.97. The maximum atomic E-state index is 14.0. The highest BCUT2D eigenvalue weighted by molar-refractivity contribution is 5.97. The number of carbonyl (C=O) groups excluding carboxylic acids is 1. The second kappa shape index (κ2) is 5.70. The van der Waals surface area contributed by atoms with Crippen molar-refractivity contribution >= 4 is 11.7 Å². The maximum Gasteiger partial charge on any atom is 0.344 e. The molecule has 8 heteroatoms. The van der Waals surface area contributed by atoms with Crippen LogP contribution in [0.5, 0.6) is 0 Å². The predicted molar refractivity (Wildman–Crippen MR) is 69.2 cm³/mol. The number of halogens is 1. The molecule has 0 aliphatic carbocycles. The standard InChI is InChI=1S/C13H11FN2O5/c1-3-20-13(17)11-7(2)21-15-12(11)9-5-4-8(16(18)19)6-10(9)14/h4-6H,3H2,1-2H3. The Morgan fingerprint density at radius 3 is 2.81 bits per heavy atom. The maximum absolute atomic E-state index is 14.0. The molecule has 2 aromatic rings. The summed E-state index contributed by atoms with van der Waals surface area (Å²) in [6.45, 7) is 3.27. The summed E-state index contributed by atoms with van der Waals surface area (Å²) in [6.07, 6.45) is 0. The van der Waals surface area contributed by atoms with Crippen LogP contribution in [0.3, 0.4) is 0 Å². The first-order chi connectivity index (χ1) is 9.95. The molecule has 0 aliphatic rings. The number of aromatic nitrogens is 1. The number of non-ortho nitro benzene ring substituents is 1. The van der Waals surface area contributed by atoms with E-state index < -0.39 is 22.4 Å². The van der Waals surface area contributed by atoms with Gasteiger partial charge in [0.15, 0.2) is 0 Å². The van der Waals surface area contributed by atoms with Gasteiger partial charge in [-0.05, 0) is 19.9 Å². The van der Waals surface area contributed by atoms with Crippen molar-refractivity contribution in [1.82, 2.24) is 5.16 Å². The molecule has 0 amide bonds. The van der Waals surface area contributed by atoms with Crippen LogP contribution in [0.4, 0.5) is 10.1 Å². The largest absolute Gasteiger partial charge is 0.462 e. The molecule has 1 aromatic heterocycles. The van der Waals surface area contributed by atoms with E-state index in [1.807, 2.05) is 0 Å². The zero-order valence-electron chi connectivity index (χ0n) is 11.3. The van der Waals surface area contributed by atoms with E-state index in [2.05, 4.69) is 5.16 Å². The Morgan fingerprint density at radius 1 is 1.52 bits per heavy atom. The lowest BCUT2D eigenvalue weighted by Crippen LogP contribution is -2.07. The highest BCUT2D eigenvalue weighted by atomic mass is 19.1. The van der Waals surface area contributed by atoms with E-state index in [9.17, 15) is 19.3 Å². The van der Waals surface area contributed by atoms with Crippen molar-refractivity contribution in [2.75, 3.05) is 6.61 Å². The van der Waals surface area contributed by atoms with Gasteiger partial charge in [0.1, 0.15) is 22.8 Å². The van der Waals surface area contributed by atoms with Crippen LogP contribution in [0.25, 0.3) is 11.3 Å². The van der Waals surface area contributed by atoms with Crippen LogP contribution in [0.2, 0.25) is 0 Å². The Morgan fingerprint density at radius 2 is 2.24 bits per heavy atom. The number of nitro benzene ring substituents is 1. The molecule has 0 N–H and O–H groups in total. The highest BCUT2D eigenvalue weighted by Gasteiger charge is 2.25. The lowest BCUT2D eigenvalue weighted by Gasteiger charge is -2.03. The number of carbonyl (C=O) groups is 1. The zero-order chi connectivity index (χ0) is 15.6. The molecule has 2 rings (SSSR count). The van der Waals surface area contributed by atoms with Gasteiger partial charge < -0.3 is 9.26 Å². The summed E-state index contributed by atoms with van der Waals surface area (Å²) in [7, 11) is 0. The average Bonchev–Trinajstić information content (AvgIpc) is 2.80. The minimum Gasteiger partial charge on any atom is -0.462 e. The molecule has 110 valence electrons. The molecule has 0 aliphatic heterocycles. The second-order valence-electron chi connectivity index (χ2n) is 4.10. The highest BCUT2D eigenvalue weighted by Crippen LogP contribution is 2.30. The van der Waals surface area contributed by atoms with E-state index in [-0.39, 0.29) is 29.2 Å². The van der Waals surface area contributed by atoms with Gasteiger partial charge in [-0.3, -0.25) is 10.1 Å². The van der Waals surface area contributed by atoms with Crippen molar-refractivity contribution in [3.05, 3.63) is 45.5 Å². The monoisotopic (exact) mass is 294 g/mol. The van der Waals surface area contributed by atoms with Crippen LogP contribution in [-0.2, 0) is 4.74 Å². The topological polar surface area (TPSA) is 95.5 Å². The third-order valence-corrected chi connectivity index (χ3v) is 2.76. The van der Waals surface area contributed by atoms with Crippen molar-refractivity contribution in [2.45, 2.75) is 13.8 Å². The van der Waals surface area contributed by atoms with Crippen LogP contribution in [0.1, 0.15) is 23.0 Å². The number of nitrogens with zero attached hydrogens (tertiary/aromatic N) is 2. The molecular weight excluding hydrogens is 283 g/mol. The van der Waals surface area contributed by atoms with E-state index >= 15 is 0 Å². The van der Waals surface area contributed by atoms with Crippen molar-refractivity contribution in [2.24, 2.45) is 0 Å². The SMILES string of the molecule is CCOC(=O)c1c(-c2ccc([N+](=O)[O-])cc2F)noc1C. The first-order valence-corrected chi connectivity index (χ1v) is 6.03. The van der Waals surface area contributed by atoms with Crippen LogP contribution < -0.4 is 0 Å². The van der Waals surface area contributed by atoms with E-state index in [0.717, 1.165) is 12.1 Å². The number of benzene rings is 1. The van der Waals surface area contributed by atoms with Gasteiger partial charge in [-0.1, -0.05) is 5.16 Å². The van der Waals surface area contributed by atoms with Gasteiger partial charge in [0.05, 0.1) is 17.6 Å². The molecule has 0 atom stereocenters. The summed E-state index contributed by atoms with van der Waals surface area (Å²) in [5, 5.41) is 14.2. The molecule has 1 heterocycles. The third-order valence-electron chi connectivity index (χ3n) is 2.76. The number of hydrogen-bond donors (Lipinski definition) is 0. The third kappa shape index (κ3) is 2.73. The van der Waals surface area contributed by atoms with Crippen molar-refractivity contribution in [1.29, 1.82) is 0 Å². The molecule has 0 radical (unpaired) electrons. The molecule has 0 saturated heterocycles. The number of hydrogen-bond acceptors (Lipinski definition) is 6. The summed E-state index contributed by atoms with van der Waals surface area (Å²) in [4.78, 5) is 21.7. The number of nitro groups is 1. The molecule has 7 nitrogen and oxygen atoms in total. The fourth-order valence-electron chi connectivity index (χ4n) is 1.81. The minimum atomic E-state index is -0.872. The van der Waals surface area contributed by atoms with Crippen LogP contribution in [0, 0.1) is 22.9 Å². The van der Waals surface area contributed by atoms with E-state index in [1.54, 1.807) is 6.92 Å². The first kappa shape index (κ1) is 14.6. The van der Waals surface area contributed by atoms with Gasteiger partial charge in [-0.2, -0.15) is 0 Å². The summed E-state index contributed by atoms with van der Waals surface area (Å²) in [6, 6.07) is 3.05. The minimum absolute atomic E-state index is 0.00426. The molecule has 21 heavy (non-hydrogen) atoms. The van der Waals surface area contributed by atoms with Gasteiger partial charge in [0, 0.05) is 11.6 Å². The molecular formula is C13H11FN2O5. The lowest BCUT2D eigenvalue weighted by atomic mass is 10.1. The van der Waals surface area contributed by atoms with Crippen LogP contribution in [-0.4, -0.2) is 22.7 Å². The van der Waals surface area contributed by atoms with Gasteiger partial charge in [0.25, 0.3) is 5.69 Å². The Labute approximate surface area is 118 Å². The lowest BCUT2D eigenvalue weighted by molar-refractivity contribution is -0.385. The van der Waals surface area contributed by atoms with Gasteiger partial charge in [0.2, 0.25) is 0 Å². The second-order valence-corrected chi connectivity index (χ2v) is 4.10. The molecule has 0 saturated carbocycles. The zero-order valence-corrected chi connectivity index (χ0v) is 11.3. The Bertz CT molecular complexity index is 711. The van der Waals surface area contributed by atoms with Crippen molar-refractivity contribution in [3.63, 3.8) is 0 Å². The van der Waals surface area contributed by atoms with Crippen LogP contribution >= 0.6 is 0 Å². The summed E-state index contributed by atoms with van der Waals surface area (Å²) >= 11 is 0. The quantitative estimate of drug-likeness (QED) is 0.488. The summed E-state index contributed by atoms with van der Waals surface area (Å²) in [5.74, 6) is -1.38. The van der Waals surface area contributed by atoms with Gasteiger partial charge in [-0.15, -0.1) is 0 Å². The molecule has 1 aromatic carbocycles. The Hall–Kier alpha value is -2.77. The molecule has 0 spiro atoms. The average molecular weight is 294 g/mol.